The Labute approximate surface area is 126 Å². The highest BCUT2D eigenvalue weighted by Gasteiger charge is 1.98. The van der Waals surface area contributed by atoms with Crippen molar-refractivity contribution in [1.29, 1.82) is 0 Å². The van der Waals surface area contributed by atoms with Gasteiger partial charge in [0.15, 0.2) is 5.11 Å². The first-order chi connectivity index (χ1) is 9.78. The normalized spacial score (nSPS) is 10.1. The molecule has 0 saturated heterocycles. The molecule has 20 heavy (non-hydrogen) atoms. The highest BCUT2D eigenvalue weighted by molar-refractivity contribution is 7.80. The molecule has 0 aliphatic heterocycles. The van der Waals surface area contributed by atoms with Crippen LogP contribution < -0.4 is 10.6 Å². The summed E-state index contributed by atoms with van der Waals surface area (Å²) in [6.07, 6.45) is 2.29. The fourth-order valence-corrected chi connectivity index (χ4v) is 2.19. The van der Waals surface area contributed by atoms with Gasteiger partial charge in [0.25, 0.3) is 0 Å². The smallest absolute Gasteiger partial charge is 0.171 e. The molecule has 2 rings (SSSR count). The molecular weight excluding hydrogens is 264 g/mol. The van der Waals surface area contributed by atoms with Crippen molar-refractivity contribution in [3.8, 4) is 0 Å². The minimum Gasteiger partial charge on any atom is -0.358 e. The third kappa shape index (κ3) is 4.67. The second-order valence-corrected chi connectivity index (χ2v) is 5.15. The van der Waals surface area contributed by atoms with E-state index in [1.807, 2.05) is 18.2 Å². The number of hydrogen-bond donors (Lipinski definition) is 2. The molecule has 3 heteroatoms. The van der Waals surface area contributed by atoms with Crippen molar-refractivity contribution in [3.63, 3.8) is 0 Å². The monoisotopic (exact) mass is 284 g/mol. The molecule has 0 atom stereocenters. The van der Waals surface area contributed by atoms with E-state index in [2.05, 4.69) is 54.0 Å². The van der Waals surface area contributed by atoms with E-state index in [-0.39, 0.29) is 0 Å². The lowest BCUT2D eigenvalue weighted by Gasteiger charge is -2.11. The zero-order valence-corrected chi connectivity index (χ0v) is 12.5. The van der Waals surface area contributed by atoms with E-state index in [0.29, 0.717) is 5.11 Å². The quantitative estimate of drug-likeness (QED) is 0.807. The van der Waals surface area contributed by atoms with Crippen molar-refractivity contribution in [3.05, 3.63) is 65.7 Å². The summed E-state index contributed by atoms with van der Waals surface area (Å²) in [4.78, 5) is 0. The van der Waals surface area contributed by atoms with Gasteiger partial charge < -0.3 is 10.6 Å². The standard InChI is InChI=1S/C17H20N2S/c1-2-6-14-9-11-16(12-10-14)19-17(20)18-13-15-7-4-3-5-8-15/h3-5,7-12H,2,6,13H2,1H3,(H2,18,19,20). The van der Waals surface area contributed by atoms with Gasteiger partial charge in [-0.05, 0) is 41.9 Å². The summed E-state index contributed by atoms with van der Waals surface area (Å²) in [5, 5.41) is 7.06. The average Bonchev–Trinajstić information content (AvgIpc) is 2.49. The Balaban J connectivity index is 1.82. The molecule has 2 nitrogen and oxygen atoms in total. The van der Waals surface area contributed by atoms with Crippen LogP contribution in [-0.2, 0) is 13.0 Å². The van der Waals surface area contributed by atoms with Gasteiger partial charge >= 0.3 is 0 Å². The van der Waals surface area contributed by atoms with E-state index in [1.54, 1.807) is 0 Å². The van der Waals surface area contributed by atoms with Gasteiger partial charge in [0.05, 0.1) is 0 Å². The second-order valence-electron chi connectivity index (χ2n) is 4.74. The molecule has 0 amide bonds. The molecule has 2 aromatic carbocycles. The van der Waals surface area contributed by atoms with E-state index in [4.69, 9.17) is 12.2 Å². The Morgan fingerprint density at radius 3 is 2.30 bits per heavy atom. The molecule has 0 saturated carbocycles. The van der Waals surface area contributed by atoms with Crippen molar-refractivity contribution < 1.29 is 0 Å². The molecular formula is C17H20N2S. The zero-order valence-electron chi connectivity index (χ0n) is 11.7. The second kappa shape index (κ2) is 7.65. The van der Waals surface area contributed by atoms with Gasteiger partial charge in [-0.15, -0.1) is 0 Å². The van der Waals surface area contributed by atoms with Crippen molar-refractivity contribution in [1.82, 2.24) is 5.32 Å². The highest BCUT2D eigenvalue weighted by Crippen LogP contribution is 2.11. The molecule has 0 aliphatic carbocycles. The maximum Gasteiger partial charge on any atom is 0.171 e. The summed E-state index contributed by atoms with van der Waals surface area (Å²) in [7, 11) is 0. The summed E-state index contributed by atoms with van der Waals surface area (Å²) < 4.78 is 0. The Morgan fingerprint density at radius 2 is 1.65 bits per heavy atom. The third-order valence-corrected chi connectivity index (χ3v) is 3.29. The first kappa shape index (κ1) is 14.5. The van der Waals surface area contributed by atoms with Gasteiger partial charge in [-0.2, -0.15) is 0 Å². The van der Waals surface area contributed by atoms with E-state index in [0.717, 1.165) is 18.7 Å². The third-order valence-electron chi connectivity index (χ3n) is 3.05. The van der Waals surface area contributed by atoms with Crippen LogP contribution in [0.3, 0.4) is 0 Å². The van der Waals surface area contributed by atoms with Crippen LogP contribution in [0.25, 0.3) is 0 Å². The lowest BCUT2D eigenvalue weighted by Crippen LogP contribution is -2.27. The Morgan fingerprint density at radius 1 is 0.950 bits per heavy atom. The van der Waals surface area contributed by atoms with Crippen LogP contribution in [0.1, 0.15) is 24.5 Å². The SMILES string of the molecule is CCCc1ccc(NC(=S)NCc2ccccc2)cc1. The summed E-state index contributed by atoms with van der Waals surface area (Å²) in [6, 6.07) is 18.7. The summed E-state index contributed by atoms with van der Waals surface area (Å²) >= 11 is 5.30. The first-order valence-electron chi connectivity index (χ1n) is 6.95. The van der Waals surface area contributed by atoms with Crippen LogP contribution in [0.2, 0.25) is 0 Å². The lowest BCUT2D eigenvalue weighted by molar-refractivity contribution is 0.921. The fourth-order valence-electron chi connectivity index (χ4n) is 2.00. The topological polar surface area (TPSA) is 24.1 Å². The maximum absolute atomic E-state index is 5.30. The van der Waals surface area contributed by atoms with E-state index in [9.17, 15) is 0 Å². The van der Waals surface area contributed by atoms with Crippen LogP contribution in [0, 0.1) is 0 Å². The number of anilines is 1. The Hall–Kier alpha value is -1.87. The minimum atomic E-state index is 0.650. The number of nitrogens with one attached hydrogen (secondary N) is 2. The largest absolute Gasteiger partial charge is 0.358 e. The van der Waals surface area contributed by atoms with E-state index >= 15 is 0 Å². The maximum atomic E-state index is 5.30. The molecule has 0 aromatic heterocycles. The molecule has 2 aromatic rings. The molecule has 104 valence electrons. The number of aryl methyl sites for hydroxylation is 1. The molecule has 0 aliphatic rings. The molecule has 0 spiro atoms. The van der Waals surface area contributed by atoms with Crippen molar-refractivity contribution in [2.24, 2.45) is 0 Å². The Bertz CT molecular complexity index is 535. The summed E-state index contributed by atoms with van der Waals surface area (Å²) in [5.41, 5.74) is 3.60. The van der Waals surface area contributed by atoms with Gasteiger partial charge in [-0.3, -0.25) is 0 Å². The van der Waals surface area contributed by atoms with Gasteiger partial charge in [-0.1, -0.05) is 55.8 Å². The van der Waals surface area contributed by atoms with Crippen molar-refractivity contribution in [2.45, 2.75) is 26.3 Å². The summed E-state index contributed by atoms with van der Waals surface area (Å²) in [6.45, 7) is 2.93. The number of rotatable bonds is 5. The number of thiocarbonyl (C=S) groups is 1. The zero-order chi connectivity index (χ0) is 14.2. The van der Waals surface area contributed by atoms with Crippen LogP contribution in [0.4, 0.5) is 5.69 Å². The lowest BCUT2D eigenvalue weighted by atomic mass is 10.1. The molecule has 0 heterocycles. The fraction of sp³-hybridized carbons (Fsp3) is 0.235. The number of benzene rings is 2. The van der Waals surface area contributed by atoms with Crippen molar-refractivity contribution >= 4 is 23.0 Å². The molecule has 0 bridgehead atoms. The van der Waals surface area contributed by atoms with Gasteiger partial charge in [0, 0.05) is 12.2 Å². The van der Waals surface area contributed by atoms with E-state index < -0.39 is 0 Å². The first-order valence-corrected chi connectivity index (χ1v) is 7.36. The van der Waals surface area contributed by atoms with Crippen LogP contribution >= 0.6 is 12.2 Å². The van der Waals surface area contributed by atoms with Crippen LogP contribution in [-0.4, -0.2) is 5.11 Å². The van der Waals surface area contributed by atoms with Gasteiger partial charge in [0.2, 0.25) is 0 Å². The molecule has 2 N–H and O–H groups in total. The predicted molar refractivity (Wildman–Crippen MR) is 89.9 cm³/mol. The Kier molecular flexibility index (Phi) is 5.56. The minimum absolute atomic E-state index is 0.650. The van der Waals surface area contributed by atoms with Gasteiger partial charge in [0.1, 0.15) is 0 Å². The van der Waals surface area contributed by atoms with Crippen LogP contribution in [0.15, 0.2) is 54.6 Å². The molecule has 0 radical (unpaired) electrons. The number of hydrogen-bond acceptors (Lipinski definition) is 1. The van der Waals surface area contributed by atoms with Crippen molar-refractivity contribution in [2.75, 3.05) is 5.32 Å². The highest BCUT2D eigenvalue weighted by atomic mass is 32.1. The van der Waals surface area contributed by atoms with E-state index in [1.165, 1.54) is 17.5 Å². The predicted octanol–water partition coefficient (Wildman–Crippen LogP) is 4.13. The average molecular weight is 284 g/mol. The van der Waals surface area contributed by atoms with Crippen LogP contribution in [0.5, 0.6) is 0 Å². The summed E-state index contributed by atoms with van der Waals surface area (Å²) in [5.74, 6) is 0. The van der Waals surface area contributed by atoms with Gasteiger partial charge in [-0.25, -0.2) is 0 Å². The molecule has 0 fully saturated rings. The molecule has 0 unspecified atom stereocenters.